The summed E-state index contributed by atoms with van der Waals surface area (Å²) in [5.74, 6) is 1.01. The summed E-state index contributed by atoms with van der Waals surface area (Å²) >= 11 is 5.42. The molecule has 0 aliphatic rings. The lowest BCUT2D eigenvalue weighted by Gasteiger charge is -2.16. The first kappa shape index (κ1) is 24.3. The summed E-state index contributed by atoms with van der Waals surface area (Å²) in [6.07, 6.45) is 0. The van der Waals surface area contributed by atoms with E-state index in [4.69, 9.17) is 21.7 Å². The Morgan fingerprint density at radius 3 is 2.24 bits per heavy atom. The van der Waals surface area contributed by atoms with Gasteiger partial charge in [-0.05, 0) is 81.0 Å². The summed E-state index contributed by atoms with van der Waals surface area (Å²) in [5, 5.41) is 6.58. The first-order valence-corrected chi connectivity index (χ1v) is 12.2. The van der Waals surface area contributed by atoms with Crippen LogP contribution in [-0.4, -0.2) is 27.2 Å². The number of anilines is 3. The van der Waals surface area contributed by atoms with Crippen LogP contribution < -0.4 is 24.8 Å². The van der Waals surface area contributed by atoms with Gasteiger partial charge in [0.2, 0.25) is 0 Å². The fourth-order valence-electron chi connectivity index (χ4n) is 3.17. The van der Waals surface area contributed by atoms with Gasteiger partial charge in [-0.2, -0.15) is 0 Å². The summed E-state index contributed by atoms with van der Waals surface area (Å²) in [7, 11) is -2.35. The molecule has 0 aliphatic heterocycles. The van der Waals surface area contributed by atoms with Crippen molar-refractivity contribution >= 4 is 44.4 Å². The maximum absolute atomic E-state index is 12.9. The SMILES string of the molecule is CCOc1ccc(NS(=O)(=O)c2ccc(NC(=S)Nc3ccc(C)cc3C)c(OC)c2)cc1. The van der Waals surface area contributed by atoms with Gasteiger partial charge in [-0.25, -0.2) is 8.42 Å². The molecule has 0 amide bonds. The fourth-order valence-corrected chi connectivity index (χ4v) is 4.47. The van der Waals surface area contributed by atoms with Crippen LogP contribution >= 0.6 is 12.2 Å². The third kappa shape index (κ3) is 6.36. The highest BCUT2D eigenvalue weighted by Gasteiger charge is 2.17. The first-order valence-electron chi connectivity index (χ1n) is 10.3. The van der Waals surface area contributed by atoms with E-state index in [-0.39, 0.29) is 4.90 Å². The van der Waals surface area contributed by atoms with Crippen LogP contribution in [0, 0.1) is 13.8 Å². The van der Waals surface area contributed by atoms with Crippen molar-refractivity contribution in [2.45, 2.75) is 25.7 Å². The molecule has 3 N–H and O–H groups in total. The van der Waals surface area contributed by atoms with Crippen LogP contribution in [0.25, 0.3) is 0 Å². The van der Waals surface area contributed by atoms with Crippen molar-refractivity contribution in [2.75, 3.05) is 29.1 Å². The number of aryl methyl sites for hydroxylation is 2. The summed E-state index contributed by atoms with van der Waals surface area (Å²) in [4.78, 5) is 0.0621. The van der Waals surface area contributed by atoms with Gasteiger partial charge in [-0.15, -0.1) is 0 Å². The minimum Gasteiger partial charge on any atom is -0.495 e. The van der Waals surface area contributed by atoms with E-state index in [0.29, 0.717) is 34.6 Å². The molecular formula is C24H27N3O4S2. The average molecular weight is 486 g/mol. The molecule has 0 spiro atoms. The Morgan fingerprint density at radius 2 is 1.61 bits per heavy atom. The standard InChI is InChI=1S/C24H27N3O4S2/c1-5-31-19-9-7-18(8-10-19)27-33(28,29)20-11-13-22(23(15-20)30-4)26-24(32)25-21-12-6-16(2)14-17(21)3/h6-15,27H,5H2,1-4H3,(H2,25,26,32). The number of thiocarbonyl (C=S) groups is 1. The van der Waals surface area contributed by atoms with E-state index in [9.17, 15) is 8.42 Å². The Hall–Kier alpha value is -3.30. The predicted molar refractivity (Wildman–Crippen MR) is 137 cm³/mol. The van der Waals surface area contributed by atoms with Gasteiger partial charge < -0.3 is 20.1 Å². The van der Waals surface area contributed by atoms with E-state index in [1.54, 1.807) is 30.3 Å². The Morgan fingerprint density at radius 1 is 0.939 bits per heavy atom. The number of hydrogen-bond acceptors (Lipinski definition) is 5. The van der Waals surface area contributed by atoms with E-state index in [1.807, 2.05) is 32.9 Å². The third-order valence-corrected chi connectivity index (χ3v) is 6.36. The summed E-state index contributed by atoms with van der Waals surface area (Å²) in [6.45, 7) is 6.44. The van der Waals surface area contributed by atoms with Gasteiger partial charge in [-0.3, -0.25) is 4.72 Å². The minimum absolute atomic E-state index is 0.0621. The van der Waals surface area contributed by atoms with Crippen LogP contribution in [0.15, 0.2) is 65.6 Å². The van der Waals surface area contributed by atoms with E-state index in [2.05, 4.69) is 21.4 Å². The van der Waals surface area contributed by atoms with Crippen molar-refractivity contribution in [3.8, 4) is 11.5 Å². The monoisotopic (exact) mass is 485 g/mol. The van der Waals surface area contributed by atoms with Crippen molar-refractivity contribution in [1.29, 1.82) is 0 Å². The van der Waals surface area contributed by atoms with Crippen LogP contribution in [-0.2, 0) is 10.0 Å². The summed E-state index contributed by atoms with van der Waals surface area (Å²) < 4.78 is 39.1. The number of sulfonamides is 1. The van der Waals surface area contributed by atoms with Crippen molar-refractivity contribution in [3.63, 3.8) is 0 Å². The lowest BCUT2D eigenvalue weighted by atomic mass is 10.1. The van der Waals surface area contributed by atoms with Gasteiger partial charge in [0.05, 0.1) is 24.3 Å². The second kappa shape index (κ2) is 10.5. The molecule has 0 bridgehead atoms. The van der Waals surface area contributed by atoms with Crippen LogP contribution in [0.1, 0.15) is 18.1 Å². The number of hydrogen-bond donors (Lipinski definition) is 3. The van der Waals surface area contributed by atoms with Crippen molar-refractivity contribution in [1.82, 2.24) is 0 Å². The van der Waals surface area contributed by atoms with Crippen molar-refractivity contribution in [3.05, 3.63) is 71.8 Å². The number of methoxy groups -OCH3 is 1. The molecule has 0 unspecified atom stereocenters. The number of rotatable bonds is 8. The Balaban J connectivity index is 1.74. The normalized spacial score (nSPS) is 10.9. The summed E-state index contributed by atoms with van der Waals surface area (Å²) in [6, 6.07) is 17.3. The van der Waals surface area contributed by atoms with Gasteiger partial charge in [-0.1, -0.05) is 17.7 Å². The highest BCUT2D eigenvalue weighted by Crippen LogP contribution is 2.29. The van der Waals surface area contributed by atoms with Gasteiger partial charge in [0.25, 0.3) is 10.0 Å². The molecular weight excluding hydrogens is 458 g/mol. The van der Waals surface area contributed by atoms with Gasteiger partial charge >= 0.3 is 0 Å². The molecule has 0 heterocycles. The van der Waals surface area contributed by atoms with Crippen molar-refractivity contribution in [2.24, 2.45) is 0 Å². The third-order valence-electron chi connectivity index (χ3n) is 4.78. The minimum atomic E-state index is -3.82. The lowest BCUT2D eigenvalue weighted by Crippen LogP contribution is -2.20. The second-order valence-electron chi connectivity index (χ2n) is 7.32. The van der Waals surface area contributed by atoms with Gasteiger partial charge in [0.15, 0.2) is 5.11 Å². The molecule has 3 aromatic carbocycles. The molecule has 0 saturated heterocycles. The van der Waals surface area contributed by atoms with E-state index < -0.39 is 10.0 Å². The van der Waals surface area contributed by atoms with E-state index >= 15 is 0 Å². The molecule has 0 atom stereocenters. The zero-order chi connectivity index (χ0) is 24.0. The highest BCUT2D eigenvalue weighted by molar-refractivity contribution is 7.92. The Kier molecular flexibility index (Phi) is 7.78. The molecule has 0 saturated carbocycles. The average Bonchev–Trinajstić information content (AvgIpc) is 2.77. The fraction of sp³-hybridized carbons (Fsp3) is 0.208. The zero-order valence-electron chi connectivity index (χ0n) is 18.9. The molecule has 0 aliphatic carbocycles. The molecule has 33 heavy (non-hydrogen) atoms. The van der Waals surface area contributed by atoms with Crippen LogP contribution in [0.3, 0.4) is 0 Å². The topological polar surface area (TPSA) is 88.7 Å². The number of nitrogens with one attached hydrogen (secondary N) is 3. The Labute approximate surface area is 200 Å². The largest absolute Gasteiger partial charge is 0.495 e. The Bertz CT molecular complexity index is 1240. The maximum Gasteiger partial charge on any atom is 0.262 e. The smallest absolute Gasteiger partial charge is 0.262 e. The molecule has 7 nitrogen and oxygen atoms in total. The quantitative estimate of drug-likeness (QED) is 0.372. The zero-order valence-corrected chi connectivity index (χ0v) is 20.6. The second-order valence-corrected chi connectivity index (χ2v) is 9.41. The molecule has 0 aromatic heterocycles. The number of benzene rings is 3. The van der Waals surface area contributed by atoms with Crippen LogP contribution in [0.4, 0.5) is 17.1 Å². The van der Waals surface area contributed by atoms with E-state index in [0.717, 1.165) is 16.8 Å². The van der Waals surface area contributed by atoms with Crippen LogP contribution in [0.2, 0.25) is 0 Å². The van der Waals surface area contributed by atoms with Crippen molar-refractivity contribution < 1.29 is 17.9 Å². The van der Waals surface area contributed by atoms with E-state index in [1.165, 1.54) is 19.2 Å². The van der Waals surface area contributed by atoms with Gasteiger partial charge in [0, 0.05) is 17.4 Å². The molecule has 3 aromatic rings. The number of ether oxygens (including phenoxy) is 2. The predicted octanol–water partition coefficient (Wildman–Crippen LogP) is 5.32. The molecule has 174 valence electrons. The summed E-state index contributed by atoms with van der Waals surface area (Å²) in [5.41, 5.74) is 4.08. The first-order chi connectivity index (χ1) is 15.7. The maximum atomic E-state index is 12.9. The molecule has 0 radical (unpaired) electrons. The molecule has 9 heteroatoms. The highest BCUT2D eigenvalue weighted by atomic mass is 32.2. The molecule has 0 fully saturated rings. The van der Waals surface area contributed by atoms with Crippen LogP contribution in [0.5, 0.6) is 11.5 Å². The van der Waals surface area contributed by atoms with Gasteiger partial charge in [0.1, 0.15) is 11.5 Å². The lowest BCUT2D eigenvalue weighted by molar-refractivity contribution is 0.340. The molecule has 3 rings (SSSR count).